The lowest BCUT2D eigenvalue weighted by atomic mass is 9.33. The SMILES string of the molecule is CC(C)=C(N)C(=O)NCC[C@@]12CC[C@]3(C)C(CC[C@@H]4C5(C)CC[C@H](OC(=O)[C@H]6C[C@@H](C(=O)O)C6(C)C)[C@@]6(C)C(C)[C@@]56CCC43C)C1=C(C(C)C)C(=O)C2. The van der Waals surface area contributed by atoms with Crippen LogP contribution in [-0.4, -0.2) is 41.4 Å². The van der Waals surface area contributed by atoms with Crippen LogP contribution in [0.2, 0.25) is 0 Å². The molecule has 7 aliphatic rings. The fourth-order valence-electron chi connectivity index (χ4n) is 15.6. The molecule has 1 amide bonds. The first kappa shape index (κ1) is 38.6. The van der Waals surface area contributed by atoms with Crippen molar-refractivity contribution in [3.63, 3.8) is 0 Å². The molecule has 0 aromatic rings. The molecule has 53 heavy (non-hydrogen) atoms. The number of esters is 1. The number of hydrogen-bond donors (Lipinski definition) is 3. The zero-order valence-electron chi connectivity index (χ0n) is 34.6. The summed E-state index contributed by atoms with van der Waals surface area (Å²) in [6, 6.07) is 0. The Kier molecular flexibility index (Phi) is 8.70. The molecule has 0 bridgehead atoms. The predicted octanol–water partition coefficient (Wildman–Crippen LogP) is 8.38. The topological polar surface area (TPSA) is 136 Å². The summed E-state index contributed by atoms with van der Waals surface area (Å²) >= 11 is 0. The van der Waals surface area contributed by atoms with Crippen molar-refractivity contribution in [2.24, 2.45) is 79.1 Å². The summed E-state index contributed by atoms with van der Waals surface area (Å²) in [5, 5.41) is 12.8. The molecule has 294 valence electrons. The number of amides is 1. The standard InChI is InChI=1S/C45H68N2O6/c1-24(2)33-30(48)23-44(20-21-47-36(49)35(46)25(3)4)18-16-40(8)27(34(33)44)12-13-31-41(40,9)17-19-45-26(5)43(45,11)32(14-15-42(31,45)10)53-38(52)29-22-28(37(50)51)39(29,6)7/h24,26-29,31-32H,12-23,46H2,1-11H3,(H,47,49)(H,50,51)/t26?,27?,28-,29+,31-,32-,40+,41?,42?,43+,44+,45-/m0/s1. The zero-order valence-corrected chi connectivity index (χ0v) is 34.6. The number of hydrogen-bond acceptors (Lipinski definition) is 6. The molecular weight excluding hydrogens is 665 g/mol. The second-order valence-corrected chi connectivity index (χ2v) is 21.2. The van der Waals surface area contributed by atoms with Gasteiger partial charge in [0.05, 0.1) is 17.5 Å². The van der Waals surface area contributed by atoms with Gasteiger partial charge in [0.25, 0.3) is 5.91 Å². The lowest BCUT2D eigenvalue weighted by molar-refractivity contribution is -0.221. The molecule has 1 spiro atoms. The minimum Gasteiger partial charge on any atom is -0.481 e. The number of fused-ring (bicyclic) bond motifs is 6. The van der Waals surface area contributed by atoms with Gasteiger partial charge in [-0.2, -0.15) is 0 Å². The van der Waals surface area contributed by atoms with Crippen molar-refractivity contribution in [1.82, 2.24) is 5.32 Å². The lowest BCUT2D eigenvalue weighted by Gasteiger charge is -2.71. The molecule has 4 unspecified atom stereocenters. The third kappa shape index (κ3) is 4.71. The predicted molar refractivity (Wildman–Crippen MR) is 205 cm³/mol. The average Bonchev–Trinajstić information content (AvgIpc) is 3.40. The van der Waals surface area contributed by atoms with Crippen molar-refractivity contribution in [3.05, 3.63) is 22.4 Å². The zero-order chi connectivity index (χ0) is 39.1. The van der Waals surface area contributed by atoms with E-state index in [1.54, 1.807) is 0 Å². The first-order valence-corrected chi connectivity index (χ1v) is 20.9. The minimum atomic E-state index is -0.822. The highest BCUT2D eigenvalue weighted by molar-refractivity contribution is 6.00. The number of carboxylic acid groups (broad SMARTS) is 1. The minimum absolute atomic E-state index is 0.0498. The van der Waals surface area contributed by atoms with Crippen LogP contribution >= 0.6 is 0 Å². The Morgan fingerprint density at radius 2 is 1.57 bits per heavy atom. The number of carboxylic acids is 1. The van der Waals surface area contributed by atoms with E-state index < -0.39 is 17.3 Å². The Balaban J connectivity index is 1.15. The Hall–Kier alpha value is -2.64. The van der Waals surface area contributed by atoms with Crippen LogP contribution in [0, 0.1) is 73.4 Å². The number of nitrogens with two attached hydrogens (primary N) is 1. The summed E-state index contributed by atoms with van der Waals surface area (Å²) in [4.78, 5) is 52.3. The number of carbonyl (C=O) groups is 4. The second-order valence-electron chi connectivity index (χ2n) is 21.2. The quantitative estimate of drug-likeness (QED) is 0.169. The monoisotopic (exact) mass is 733 g/mol. The van der Waals surface area contributed by atoms with E-state index in [9.17, 15) is 24.3 Å². The van der Waals surface area contributed by atoms with Crippen LogP contribution in [0.4, 0.5) is 0 Å². The Morgan fingerprint density at radius 3 is 2.17 bits per heavy atom. The molecule has 0 radical (unpaired) electrons. The molecule has 7 rings (SSSR count). The van der Waals surface area contributed by atoms with Gasteiger partial charge in [0.2, 0.25) is 0 Å². The normalized spacial score (nSPS) is 46.2. The number of rotatable bonds is 8. The van der Waals surface area contributed by atoms with Gasteiger partial charge in [0.1, 0.15) is 6.10 Å². The van der Waals surface area contributed by atoms with Crippen LogP contribution < -0.4 is 11.1 Å². The van der Waals surface area contributed by atoms with Gasteiger partial charge in [-0.05, 0) is 140 Å². The van der Waals surface area contributed by atoms with E-state index in [1.165, 1.54) is 5.57 Å². The molecule has 6 fully saturated rings. The van der Waals surface area contributed by atoms with E-state index in [4.69, 9.17) is 10.5 Å². The van der Waals surface area contributed by atoms with E-state index in [0.29, 0.717) is 42.9 Å². The summed E-state index contributed by atoms with van der Waals surface area (Å²) in [6.45, 7) is 25.0. The Bertz CT molecular complexity index is 1700. The highest BCUT2D eigenvalue weighted by atomic mass is 16.5. The number of ketones is 1. The van der Waals surface area contributed by atoms with Crippen molar-refractivity contribution in [2.45, 2.75) is 153 Å². The molecule has 8 heteroatoms. The smallest absolute Gasteiger partial charge is 0.309 e. The average molecular weight is 733 g/mol. The van der Waals surface area contributed by atoms with Crippen molar-refractivity contribution in [2.75, 3.05) is 6.54 Å². The van der Waals surface area contributed by atoms with Gasteiger partial charge in [0.15, 0.2) is 5.78 Å². The summed E-state index contributed by atoms with van der Waals surface area (Å²) in [7, 11) is 0. The van der Waals surface area contributed by atoms with Gasteiger partial charge in [-0.15, -0.1) is 0 Å². The van der Waals surface area contributed by atoms with Gasteiger partial charge >= 0.3 is 11.9 Å². The van der Waals surface area contributed by atoms with E-state index in [-0.39, 0.29) is 68.0 Å². The summed E-state index contributed by atoms with van der Waals surface area (Å²) < 4.78 is 6.51. The molecular formula is C45H68N2O6. The van der Waals surface area contributed by atoms with Gasteiger partial charge in [-0.25, -0.2) is 0 Å². The number of aliphatic carboxylic acids is 1. The highest BCUT2D eigenvalue weighted by Crippen LogP contribution is 2.90. The molecule has 0 heterocycles. The summed E-state index contributed by atoms with van der Waals surface area (Å²) in [5.74, 6) is -0.308. The van der Waals surface area contributed by atoms with Crippen LogP contribution in [0.3, 0.4) is 0 Å². The van der Waals surface area contributed by atoms with Crippen LogP contribution in [-0.2, 0) is 23.9 Å². The van der Waals surface area contributed by atoms with E-state index >= 15 is 0 Å². The Labute approximate surface area is 318 Å². The molecule has 4 N–H and O–H groups in total. The van der Waals surface area contributed by atoms with Gasteiger partial charge in [-0.1, -0.05) is 67.9 Å². The number of carbonyl (C=O) groups excluding carboxylic acids is 3. The Morgan fingerprint density at radius 1 is 0.906 bits per heavy atom. The number of allylic oxidation sites excluding steroid dienone is 3. The van der Waals surface area contributed by atoms with Gasteiger partial charge < -0.3 is 20.9 Å². The fraction of sp³-hybridized carbons (Fsp3) is 0.822. The third-order valence-corrected chi connectivity index (χ3v) is 19.0. The lowest BCUT2D eigenvalue weighted by Crippen LogP contribution is -2.64. The van der Waals surface area contributed by atoms with Crippen molar-refractivity contribution in [1.29, 1.82) is 0 Å². The first-order chi connectivity index (χ1) is 24.5. The molecule has 0 saturated heterocycles. The van der Waals surface area contributed by atoms with Crippen LogP contribution in [0.25, 0.3) is 0 Å². The highest BCUT2D eigenvalue weighted by Gasteiger charge is 2.86. The maximum Gasteiger partial charge on any atom is 0.309 e. The molecule has 6 saturated carbocycles. The maximum absolute atomic E-state index is 14.0. The third-order valence-electron chi connectivity index (χ3n) is 19.0. The molecule has 0 aliphatic heterocycles. The van der Waals surface area contributed by atoms with Crippen molar-refractivity contribution in [3.8, 4) is 0 Å². The van der Waals surface area contributed by atoms with Crippen molar-refractivity contribution >= 4 is 23.6 Å². The molecule has 0 aromatic carbocycles. The van der Waals surface area contributed by atoms with Crippen LogP contribution in [0.5, 0.6) is 0 Å². The van der Waals surface area contributed by atoms with E-state index in [2.05, 4.69) is 53.8 Å². The second kappa shape index (κ2) is 11.9. The number of nitrogens with one attached hydrogen (secondary N) is 1. The number of Topliss-reactive ketones (excluding diaryl/α,β-unsaturated/α-hetero) is 1. The summed E-state index contributed by atoms with van der Waals surface area (Å²) in [5.41, 5.74) is 9.13. The molecule has 8 nitrogen and oxygen atoms in total. The molecule has 12 atom stereocenters. The molecule has 0 aromatic heterocycles. The van der Waals surface area contributed by atoms with E-state index in [0.717, 1.165) is 68.9 Å². The van der Waals surface area contributed by atoms with Crippen molar-refractivity contribution < 1.29 is 29.0 Å². The first-order valence-electron chi connectivity index (χ1n) is 20.9. The van der Waals surface area contributed by atoms with Crippen LogP contribution in [0.1, 0.15) is 147 Å². The van der Waals surface area contributed by atoms with Crippen LogP contribution in [0.15, 0.2) is 22.4 Å². The largest absolute Gasteiger partial charge is 0.481 e. The number of ether oxygens (including phenoxy) is 1. The fourth-order valence-corrected chi connectivity index (χ4v) is 15.6. The van der Waals surface area contributed by atoms with Gasteiger partial charge in [0, 0.05) is 23.8 Å². The van der Waals surface area contributed by atoms with E-state index in [1.807, 2.05) is 27.7 Å². The summed E-state index contributed by atoms with van der Waals surface area (Å²) in [6.07, 6.45) is 10.00. The maximum atomic E-state index is 14.0. The van der Waals surface area contributed by atoms with Gasteiger partial charge in [-0.3, -0.25) is 19.2 Å². The molecule has 7 aliphatic carbocycles.